The second kappa shape index (κ2) is 4.60. The van der Waals surface area contributed by atoms with Crippen molar-refractivity contribution in [3.63, 3.8) is 0 Å². The fourth-order valence-corrected chi connectivity index (χ4v) is 1.46. The highest BCUT2D eigenvalue weighted by Crippen LogP contribution is 2.07. The van der Waals surface area contributed by atoms with Crippen LogP contribution in [-0.4, -0.2) is 9.55 Å². The molecule has 15 heavy (non-hydrogen) atoms. The number of aromatic nitrogens is 2. The first-order valence-electron chi connectivity index (χ1n) is 4.89. The van der Waals surface area contributed by atoms with Gasteiger partial charge in [0.2, 0.25) is 0 Å². The van der Waals surface area contributed by atoms with E-state index in [1.165, 1.54) is 11.1 Å². The van der Waals surface area contributed by atoms with Crippen molar-refractivity contribution < 1.29 is 0 Å². The van der Waals surface area contributed by atoms with Crippen molar-refractivity contribution in [1.82, 2.24) is 9.55 Å². The Kier molecular flexibility index (Phi) is 2.98. The van der Waals surface area contributed by atoms with Gasteiger partial charge in [-0.15, -0.1) is 0 Å². The molecule has 0 aliphatic rings. The van der Waals surface area contributed by atoms with E-state index in [0.717, 1.165) is 6.54 Å². The Bertz CT molecular complexity index is 424. The number of hydrogen-bond acceptors (Lipinski definition) is 1. The van der Waals surface area contributed by atoms with Crippen LogP contribution in [0.15, 0.2) is 49.1 Å². The topological polar surface area (TPSA) is 17.8 Å². The van der Waals surface area contributed by atoms with E-state index in [2.05, 4.69) is 36.2 Å². The van der Waals surface area contributed by atoms with Crippen LogP contribution in [0.3, 0.4) is 0 Å². The van der Waals surface area contributed by atoms with E-state index in [0.29, 0.717) is 0 Å². The molecule has 1 heterocycles. The van der Waals surface area contributed by atoms with Gasteiger partial charge in [-0.25, -0.2) is 4.98 Å². The summed E-state index contributed by atoms with van der Waals surface area (Å²) in [5.74, 6) is 0. The molecule has 1 radical (unpaired) electrons. The smallest absolute Gasteiger partial charge is 0.0949 e. The van der Waals surface area contributed by atoms with E-state index < -0.39 is 0 Å². The van der Waals surface area contributed by atoms with Crippen molar-refractivity contribution in [3.8, 4) is 0 Å². The summed E-state index contributed by atoms with van der Waals surface area (Å²) in [6.07, 6.45) is 9.36. The Hall–Kier alpha value is -1.83. The maximum absolute atomic E-state index is 4.01. The van der Waals surface area contributed by atoms with Gasteiger partial charge in [0.05, 0.1) is 6.33 Å². The van der Waals surface area contributed by atoms with Crippen molar-refractivity contribution in [2.45, 2.75) is 6.54 Å². The van der Waals surface area contributed by atoms with E-state index >= 15 is 0 Å². The molecule has 0 bridgehead atoms. The lowest BCUT2D eigenvalue weighted by atomic mass is 10.1. The molecular formula is C13H13N2. The Morgan fingerprint density at radius 2 is 2.07 bits per heavy atom. The van der Waals surface area contributed by atoms with Crippen LogP contribution in [-0.2, 0) is 6.54 Å². The van der Waals surface area contributed by atoms with Crippen LogP contribution < -0.4 is 0 Å². The molecule has 0 saturated carbocycles. The number of imidazole rings is 1. The molecule has 0 amide bonds. The number of benzene rings is 1. The van der Waals surface area contributed by atoms with Gasteiger partial charge >= 0.3 is 0 Å². The molecule has 0 atom stereocenters. The predicted octanol–water partition coefficient (Wildman–Crippen LogP) is 2.78. The second-order valence-electron chi connectivity index (χ2n) is 3.38. The van der Waals surface area contributed by atoms with Crippen LogP contribution in [0.1, 0.15) is 11.1 Å². The molecule has 1 aromatic carbocycles. The third-order valence-corrected chi connectivity index (χ3v) is 2.21. The Balaban J connectivity index is 2.10. The monoisotopic (exact) mass is 197 g/mol. The van der Waals surface area contributed by atoms with Crippen LogP contribution in [0.5, 0.6) is 0 Å². The third kappa shape index (κ3) is 2.56. The van der Waals surface area contributed by atoms with Gasteiger partial charge in [0.15, 0.2) is 0 Å². The number of nitrogens with zero attached hydrogens (tertiary/aromatic N) is 2. The maximum atomic E-state index is 4.01. The van der Waals surface area contributed by atoms with Crippen molar-refractivity contribution in [2.24, 2.45) is 0 Å². The Morgan fingerprint density at radius 3 is 2.67 bits per heavy atom. The van der Waals surface area contributed by atoms with Crippen molar-refractivity contribution in [1.29, 1.82) is 0 Å². The molecule has 2 rings (SSSR count). The summed E-state index contributed by atoms with van der Waals surface area (Å²) in [7, 11) is 0. The van der Waals surface area contributed by atoms with Gasteiger partial charge in [-0.05, 0) is 18.1 Å². The summed E-state index contributed by atoms with van der Waals surface area (Å²) in [4.78, 5) is 4.01. The maximum Gasteiger partial charge on any atom is 0.0949 e. The first-order chi connectivity index (χ1) is 7.38. The summed E-state index contributed by atoms with van der Waals surface area (Å²) in [6, 6.07) is 8.42. The standard InChI is InChI=1S/C13H13N2/c1-2-3-12-4-6-13(7-5-12)10-15-9-8-14-11-15/h2-9,11H,1,10H2/b3-2+. The van der Waals surface area contributed by atoms with Gasteiger partial charge in [0, 0.05) is 18.9 Å². The molecule has 0 unspecified atom stereocenters. The minimum Gasteiger partial charge on any atom is -0.333 e. The molecule has 75 valence electrons. The molecule has 0 aliphatic carbocycles. The summed E-state index contributed by atoms with van der Waals surface area (Å²) in [6.45, 7) is 4.54. The SMILES string of the molecule is [CH2]/C=C/c1ccc(Cn2ccnc2)cc1. The van der Waals surface area contributed by atoms with Gasteiger partial charge in [0.25, 0.3) is 0 Å². The van der Waals surface area contributed by atoms with Gasteiger partial charge in [-0.1, -0.05) is 36.4 Å². The van der Waals surface area contributed by atoms with Crippen LogP contribution in [0, 0.1) is 6.92 Å². The average Bonchev–Trinajstić information content (AvgIpc) is 2.74. The largest absolute Gasteiger partial charge is 0.333 e. The number of hydrogen-bond donors (Lipinski definition) is 0. The highest BCUT2D eigenvalue weighted by atomic mass is 15.0. The van der Waals surface area contributed by atoms with E-state index in [9.17, 15) is 0 Å². The normalized spacial score (nSPS) is 11.0. The summed E-state index contributed by atoms with van der Waals surface area (Å²) < 4.78 is 2.05. The molecule has 0 spiro atoms. The predicted molar refractivity (Wildman–Crippen MR) is 62.2 cm³/mol. The zero-order chi connectivity index (χ0) is 10.5. The highest BCUT2D eigenvalue weighted by Gasteiger charge is 1.93. The van der Waals surface area contributed by atoms with Crippen molar-refractivity contribution in [2.75, 3.05) is 0 Å². The van der Waals surface area contributed by atoms with Gasteiger partial charge in [-0.3, -0.25) is 0 Å². The lowest BCUT2D eigenvalue weighted by Crippen LogP contribution is -1.95. The molecule has 2 aromatic rings. The zero-order valence-corrected chi connectivity index (χ0v) is 8.50. The number of rotatable bonds is 3. The lowest BCUT2D eigenvalue weighted by Gasteiger charge is -2.02. The van der Waals surface area contributed by atoms with Crippen LogP contribution in [0.25, 0.3) is 6.08 Å². The van der Waals surface area contributed by atoms with Crippen LogP contribution in [0.4, 0.5) is 0 Å². The van der Waals surface area contributed by atoms with Gasteiger partial charge in [0.1, 0.15) is 0 Å². The fraction of sp³-hybridized carbons (Fsp3) is 0.0769. The first-order valence-corrected chi connectivity index (χ1v) is 4.89. The zero-order valence-electron chi connectivity index (χ0n) is 8.50. The Morgan fingerprint density at radius 1 is 1.27 bits per heavy atom. The molecule has 0 saturated heterocycles. The van der Waals surface area contributed by atoms with Crippen LogP contribution in [0.2, 0.25) is 0 Å². The molecule has 0 fully saturated rings. The summed E-state index contributed by atoms with van der Waals surface area (Å²) in [5.41, 5.74) is 2.45. The molecule has 0 aliphatic heterocycles. The van der Waals surface area contributed by atoms with E-state index in [-0.39, 0.29) is 0 Å². The Labute approximate surface area is 89.9 Å². The summed E-state index contributed by atoms with van der Waals surface area (Å²) >= 11 is 0. The van der Waals surface area contributed by atoms with Gasteiger partial charge < -0.3 is 4.57 Å². The molecular weight excluding hydrogens is 184 g/mol. The highest BCUT2D eigenvalue weighted by molar-refractivity contribution is 5.50. The van der Waals surface area contributed by atoms with Crippen LogP contribution >= 0.6 is 0 Å². The van der Waals surface area contributed by atoms with E-state index in [4.69, 9.17) is 0 Å². The first kappa shape index (κ1) is 9.71. The quantitative estimate of drug-likeness (QED) is 0.739. The fourth-order valence-electron chi connectivity index (χ4n) is 1.46. The van der Waals surface area contributed by atoms with Gasteiger partial charge in [-0.2, -0.15) is 0 Å². The van der Waals surface area contributed by atoms with Crippen molar-refractivity contribution in [3.05, 3.63) is 67.1 Å². The minimum atomic E-state index is 0.869. The molecule has 1 aromatic heterocycles. The minimum absolute atomic E-state index is 0.869. The average molecular weight is 197 g/mol. The third-order valence-electron chi connectivity index (χ3n) is 2.21. The van der Waals surface area contributed by atoms with E-state index in [1.54, 1.807) is 12.3 Å². The number of allylic oxidation sites excluding steroid dienone is 1. The van der Waals surface area contributed by atoms with E-state index in [1.807, 2.05) is 23.2 Å². The lowest BCUT2D eigenvalue weighted by molar-refractivity contribution is 0.797. The van der Waals surface area contributed by atoms with Crippen molar-refractivity contribution >= 4 is 6.08 Å². The summed E-state index contributed by atoms with van der Waals surface area (Å²) in [5, 5.41) is 0. The second-order valence-corrected chi connectivity index (χ2v) is 3.38. The molecule has 0 N–H and O–H groups in total. The molecule has 2 nitrogen and oxygen atoms in total. The molecule has 2 heteroatoms.